The third kappa shape index (κ3) is 2.34. The Hall–Kier alpha value is -1.36. The molecule has 1 aliphatic rings. The van der Waals surface area contributed by atoms with E-state index in [2.05, 4.69) is 5.10 Å². The number of ether oxygens (including phenoxy) is 1. The minimum Gasteiger partial charge on any atom is -0.396 e. The average molecular weight is 237 g/mol. The predicted molar refractivity (Wildman–Crippen MR) is 64.8 cm³/mol. The second kappa shape index (κ2) is 4.87. The zero-order valence-corrected chi connectivity index (χ0v) is 10.3. The average Bonchev–Trinajstić information content (AvgIpc) is 2.69. The number of aromatic nitrogens is 2. The van der Waals surface area contributed by atoms with Crippen molar-refractivity contribution in [3.63, 3.8) is 0 Å². The van der Waals surface area contributed by atoms with Gasteiger partial charge >= 0.3 is 0 Å². The Morgan fingerprint density at radius 3 is 2.59 bits per heavy atom. The minimum absolute atomic E-state index is 0.0550. The molecule has 0 atom stereocenters. The molecule has 17 heavy (non-hydrogen) atoms. The molecule has 0 unspecified atom stereocenters. The van der Waals surface area contributed by atoms with Gasteiger partial charge in [-0.2, -0.15) is 5.10 Å². The van der Waals surface area contributed by atoms with Crippen LogP contribution in [0.1, 0.15) is 36.2 Å². The maximum Gasteiger partial charge on any atom is 0.250 e. The Kier molecular flexibility index (Phi) is 3.47. The summed E-state index contributed by atoms with van der Waals surface area (Å²) >= 11 is 0. The maximum atomic E-state index is 12.2. The third-order valence-corrected chi connectivity index (χ3v) is 3.61. The van der Waals surface area contributed by atoms with Crippen molar-refractivity contribution in [2.24, 2.45) is 5.92 Å². The van der Waals surface area contributed by atoms with Crippen molar-refractivity contribution in [1.29, 1.82) is 0 Å². The number of carbonyl (C=O) groups is 1. The van der Waals surface area contributed by atoms with Gasteiger partial charge in [0.1, 0.15) is 0 Å². The molecule has 5 nitrogen and oxygen atoms in total. The van der Waals surface area contributed by atoms with E-state index in [1.54, 1.807) is 7.11 Å². The first-order valence-electron chi connectivity index (χ1n) is 6.00. The van der Waals surface area contributed by atoms with Gasteiger partial charge in [0.15, 0.2) is 0 Å². The highest BCUT2D eigenvalue weighted by atomic mass is 16.5. The van der Waals surface area contributed by atoms with Gasteiger partial charge in [-0.15, -0.1) is 0 Å². The van der Waals surface area contributed by atoms with Crippen LogP contribution in [0.4, 0.5) is 5.69 Å². The summed E-state index contributed by atoms with van der Waals surface area (Å²) < 4.78 is 6.74. The molecule has 1 heterocycles. The molecule has 0 saturated heterocycles. The molecule has 2 rings (SSSR count). The number of rotatable bonds is 2. The summed E-state index contributed by atoms with van der Waals surface area (Å²) in [5, 5.41) is 4.04. The smallest absolute Gasteiger partial charge is 0.250 e. The van der Waals surface area contributed by atoms with Gasteiger partial charge in [0, 0.05) is 13.0 Å². The summed E-state index contributed by atoms with van der Waals surface area (Å²) in [5.74, 6) is 0.119. The van der Waals surface area contributed by atoms with Crippen molar-refractivity contribution in [3.05, 3.63) is 11.9 Å². The molecule has 0 spiro atoms. The summed E-state index contributed by atoms with van der Waals surface area (Å²) in [7, 11) is 1.73. The van der Waals surface area contributed by atoms with Gasteiger partial charge in [-0.25, -0.2) is 4.68 Å². The first kappa shape index (κ1) is 12.1. The third-order valence-electron chi connectivity index (χ3n) is 3.61. The second-order valence-corrected chi connectivity index (χ2v) is 4.64. The first-order valence-corrected chi connectivity index (χ1v) is 6.00. The highest BCUT2D eigenvalue weighted by molar-refractivity contribution is 5.82. The predicted octanol–water partition coefficient (Wildman–Crippen LogP) is 1.62. The van der Waals surface area contributed by atoms with Gasteiger partial charge in [0.05, 0.1) is 23.7 Å². The quantitative estimate of drug-likeness (QED) is 0.848. The van der Waals surface area contributed by atoms with Crippen LogP contribution in [0.15, 0.2) is 6.20 Å². The molecule has 2 N–H and O–H groups in total. The van der Waals surface area contributed by atoms with Crippen molar-refractivity contribution in [3.8, 4) is 0 Å². The van der Waals surface area contributed by atoms with Gasteiger partial charge in [0.25, 0.3) is 0 Å². The Morgan fingerprint density at radius 2 is 2.12 bits per heavy atom. The fourth-order valence-electron chi connectivity index (χ4n) is 2.36. The summed E-state index contributed by atoms with van der Waals surface area (Å²) in [6.07, 6.45) is 5.48. The highest BCUT2D eigenvalue weighted by Gasteiger charge is 2.28. The van der Waals surface area contributed by atoms with E-state index < -0.39 is 0 Å². The van der Waals surface area contributed by atoms with Gasteiger partial charge in [-0.05, 0) is 32.6 Å². The fourth-order valence-corrected chi connectivity index (χ4v) is 2.36. The zero-order chi connectivity index (χ0) is 12.4. The van der Waals surface area contributed by atoms with Crippen molar-refractivity contribution in [2.45, 2.75) is 38.7 Å². The molecule has 1 fully saturated rings. The molecular weight excluding hydrogens is 218 g/mol. The van der Waals surface area contributed by atoms with Crippen molar-refractivity contribution in [2.75, 3.05) is 12.8 Å². The van der Waals surface area contributed by atoms with E-state index in [0.29, 0.717) is 11.8 Å². The number of nitrogen functional groups attached to an aromatic ring is 1. The first-order chi connectivity index (χ1) is 8.13. The molecule has 94 valence electrons. The van der Waals surface area contributed by atoms with Crippen LogP contribution < -0.4 is 5.73 Å². The number of hydrogen-bond acceptors (Lipinski definition) is 4. The Balaban J connectivity index is 2.04. The van der Waals surface area contributed by atoms with Gasteiger partial charge < -0.3 is 10.5 Å². The number of methoxy groups -OCH3 is 1. The van der Waals surface area contributed by atoms with Crippen LogP contribution in [0, 0.1) is 12.8 Å². The van der Waals surface area contributed by atoms with Crippen LogP contribution >= 0.6 is 0 Å². The lowest BCUT2D eigenvalue weighted by Crippen LogP contribution is -2.30. The van der Waals surface area contributed by atoms with E-state index >= 15 is 0 Å². The molecule has 0 radical (unpaired) electrons. The summed E-state index contributed by atoms with van der Waals surface area (Å²) in [5.41, 5.74) is 7.01. The molecular formula is C12H19N3O2. The molecule has 1 aromatic rings. The van der Waals surface area contributed by atoms with E-state index in [-0.39, 0.29) is 11.8 Å². The van der Waals surface area contributed by atoms with E-state index in [1.807, 2.05) is 6.92 Å². The molecule has 5 heteroatoms. The second-order valence-electron chi connectivity index (χ2n) is 4.64. The van der Waals surface area contributed by atoms with Crippen LogP contribution in [-0.4, -0.2) is 28.9 Å². The monoisotopic (exact) mass is 237 g/mol. The highest BCUT2D eigenvalue weighted by Crippen LogP contribution is 2.27. The lowest BCUT2D eigenvalue weighted by molar-refractivity contribution is 0.0473. The number of nitrogens with zero attached hydrogens (tertiary/aromatic N) is 2. The normalized spacial score (nSPS) is 24.8. The lowest BCUT2D eigenvalue weighted by Gasteiger charge is -2.26. The van der Waals surface area contributed by atoms with E-state index in [4.69, 9.17) is 10.5 Å². The van der Waals surface area contributed by atoms with Crippen LogP contribution in [0.2, 0.25) is 0 Å². The summed E-state index contributed by atoms with van der Waals surface area (Å²) in [6, 6.07) is 0. The molecule has 0 amide bonds. The largest absolute Gasteiger partial charge is 0.396 e. The lowest BCUT2D eigenvalue weighted by atomic mass is 9.87. The summed E-state index contributed by atoms with van der Waals surface area (Å²) in [6.45, 7) is 1.82. The standard InChI is InChI=1S/C12H19N3O2/c1-8-11(13)7-14-15(8)12(16)9-3-5-10(17-2)6-4-9/h7,9-10H,3-6,13H2,1-2H3. The molecule has 1 aromatic heterocycles. The maximum absolute atomic E-state index is 12.2. The van der Waals surface area contributed by atoms with Crippen LogP contribution in [0.5, 0.6) is 0 Å². The van der Waals surface area contributed by atoms with Crippen molar-refractivity contribution < 1.29 is 9.53 Å². The summed E-state index contributed by atoms with van der Waals surface area (Å²) in [4.78, 5) is 12.2. The molecule has 1 aliphatic carbocycles. The van der Waals surface area contributed by atoms with Gasteiger partial charge in [-0.3, -0.25) is 4.79 Å². The Labute approximate surface area is 101 Å². The van der Waals surface area contributed by atoms with E-state index in [0.717, 1.165) is 31.4 Å². The van der Waals surface area contributed by atoms with Gasteiger partial charge in [0.2, 0.25) is 5.91 Å². The van der Waals surface area contributed by atoms with Crippen LogP contribution in [-0.2, 0) is 4.74 Å². The molecule has 0 aliphatic heterocycles. The van der Waals surface area contributed by atoms with Crippen LogP contribution in [0.3, 0.4) is 0 Å². The number of nitrogens with two attached hydrogens (primary N) is 1. The molecule has 0 bridgehead atoms. The topological polar surface area (TPSA) is 70.1 Å². The Bertz CT molecular complexity index is 406. The zero-order valence-electron chi connectivity index (χ0n) is 10.3. The SMILES string of the molecule is COC1CCC(C(=O)n2ncc(N)c2C)CC1. The minimum atomic E-state index is 0.0550. The van der Waals surface area contributed by atoms with Crippen molar-refractivity contribution in [1.82, 2.24) is 9.78 Å². The number of hydrogen-bond donors (Lipinski definition) is 1. The molecule has 1 saturated carbocycles. The van der Waals surface area contributed by atoms with Gasteiger partial charge in [-0.1, -0.05) is 0 Å². The van der Waals surface area contributed by atoms with Crippen molar-refractivity contribution >= 4 is 11.6 Å². The van der Waals surface area contributed by atoms with Crippen LogP contribution in [0.25, 0.3) is 0 Å². The van der Waals surface area contributed by atoms with E-state index in [1.165, 1.54) is 10.9 Å². The van der Waals surface area contributed by atoms with E-state index in [9.17, 15) is 4.79 Å². The number of anilines is 1. The Morgan fingerprint density at radius 1 is 1.47 bits per heavy atom. The fraction of sp³-hybridized carbons (Fsp3) is 0.667. The number of carbonyl (C=O) groups excluding carboxylic acids is 1. The molecule has 0 aromatic carbocycles.